The summed E-state index contributed by atoms with van der Waals surface area (Å²) in [5, 5.41) is 9.45. The second-order valence-electron chi connectivity index (χ2n) is 5.74. The highest BCUT2D eigenvalue weighted by Crippen LogP contribution is 2.27. The smallest absolute Gasteiger partial charge is 0.303 e. The maximum atomic E-state index is 14.2. The Morgan fingerprint density at radius 3 is 2.69 bits per heavy atom. The Labute approximate surface area is 155 Å². The molecule has 0 unspecified atom stereocenters. The molecule has 4 nitrogen and oxygen atoms in total. The monoisotopic (exact) mass is 381 g/mol. The maximum absolute atomic E-state index is 14.2. The SMILES string of the molecule is CCCCSc1ncccc1COc1c(F)cc(CCC(=O)O)cc1F. The van der Waals surface area contributed by atoms with E-state index >= 15 is 0 Å². The average Bonchev–Trinajstić information content (AvgIpc) is 2.60. The Morgan fingerprint density at radius 1 is 1.31 bits per heavy atom. The minimum atomic E-state index is -1.02. The first-order valence-electron chi connectivity index (χ1n) is 8.40. The zero-order chi connectivity index (χ0) is 18.9. The van der Waals surface area contributed by atoms with E-state index in [1.165, 1.54) is 0 Å². The Kier molecular flexibility index (Phi) is 7.84. The maximum Gasteiger partial charge on any atom is 0.303 e. The summed E-state index contributed by atoms with van der Waals surface area (Å²) >= 11 is 1.59. The molecular formula is C19H21F2NO3S. The lowest BCUT2D eigenvalue weighted by Crippen LogP contribution is -2.04. The molecule has 0 aliphatic rings. The van der Waals surface area contributed by atoms with Crippen molar-refractivity contribution in [3.8, 4) is 5.75 Å². The van der Waals surface area contributed by atoms with Crippen LogP contribution in [0.4, 0.5) is 8.78 Å². The van der Waals surface area contributed by atoms with Gasteiger partial charge in [0.05, 0.1) is 0 Å². The Morgan fingerprint density at radius 2 is 2.04 bits per heavy atom. The average molecular weight is 381 g/mol. The number of ether oxygens (including phenoxy) is 1. The lowest BCUT2D eigenvalue weighted by molar-refractivity contribution is -0.136. The number of nitrogens with zero attached hydrogens (tertiary/aromatic N) is 1. The quantitative estimate of drug-likeness (QED) is 0.471. The van der Waals surface area contributed by atoms with Crippen molar-refractivity contribution in [3.05, 3.63) is 53.2 Å². The highest BCUT2D eigenvalue weighted by atomic mass is 32.2. The third-order valence-corrected chi connectivity index (χ3v) is 4.78. The van der Waals surface area contributed by atoms with Crippen LogP contribution in [0.15, 0.2) is 35.5 Å². The normalized spacial score (nSPS) is 10.7. The number of carbonyl (C=O) groups is 1. The number of aliphatic carboxylic acids is 1. The highest BCUT2D eigenvalue weighted by Gasteiger charge is 2.15. The first-order valence-corrected chi connectivity index (χ1v) is 9.39. The highest BCUT2D eigenvalue weighted by molar-refractivity contribution is 7.99. The molecule has 0 fully saturated rings. The fourth-order valence-electron chi connectivity index (χ4n) is 2.27. The van der Waals surface area contributed by atoms with Crippen LogP contribution in [0.5, 0.6) is 5.75 Å². The van der Waals surface area contributed by atoms with Crippen LogP contribution in [-0.2, 0) is 17.8 Å². The van der Waals surface area contributed by atoms with Crippen molar-refractivity contribution in [1.29, 1.82) is 0 Å². The number of carboxylic acids is 1. The molecule has 1 aromatic carbocycles. The second kappa shape index (κ2) is 10.1. The minimum absolute atomic E-state index is 0.00457. The van der Waals surface area contributed by atoms with Crippen LogP contribution in [-0.4, -0.2) is 21.8 Å². The zero-order valence-corrected chi connectivity index (χ0v) is 15.3. The number of halogens is 2. The summed E-state index contributed by atoms with van der Waals surface area (Å²) in [7, 11) is 0. The van der Waals surface area contributed by atoms with Crippen molar-refractivity contribution >= 4 is 17.7 Å². The second-order valence-corrected chi connectivity index (χ2v) is 6.82. The number of hydrogen-bond donors (Lipinski definition) is 1. The van der Waals surface area contributed by atoms with Crippen LogP contribution in [0.25, 0.3) is 0 Å². The first kappa shape index (κ1) is 20.2. The molecule has 1 aromatic heterocycles. The molecule has 0 bridgehead atoms. The van der Waals surface area contributed by atoms with Crippen LogP contribution in [0.1, 0.15) is 37.3 Å². The molecule has 0 amide bonds. The number of aryl methyl sites for hydroxylation is 1. The Bertz CT molecular complexity index is 732. The van der Waals surface area contributed by atoms with Gasteiger partial charge in [0.1, 0.15) is 11.6 Å². The summed E-state index contributed by atoms with van der Waals surface area (Å²) in [4.78, 5) is 14.9. The summed E-state index contributed by atoms with van der Waals surface area (Å²) in [5.41, 5.74) is 1.05. The molecule has 0 saturated heterocycles. The molecule has 0 saturated carbocycles. The molecule has 7 heteroatoms. The van der Waals surface area contributed by atoms with Crippen molar-refractivity contribution < 1.29 is 23.4 Å². The topological polar surface area (TPSA) is 59.4 Å². The van der Waals surface area contributed by atoms with E-state index in [1.807, 2.05) is 6.07 Å². The largest absolute Gasteiger partial charge is 0.483 e. The summed E-state index contributed by atoms with van der Waals surface area (Å²) in [6, 6.07) is 5.80. The molecule has 140 valence electrons. The van der Waals surface area contributed by atoms with Crippen molar-refractivity contribution in [2.45, 2.75) is 44.2 Å². The predicted molar refractivity (Wildman–Crippen MR) is 96.5 cm³/mol. The van der Waals surface area contributed by atoms with Gasteiger partial charge < -0.3 is 9.84 Å². The first-order chi connectivity index (χ1) is 12.5. The van der Waals surface area contributed by atoms with Gasteiger partial charge >= 0.3 is 5.97 Å². The van der Waals surface area contributed by atoms with E-state index < -0.39 is 23.4 Å². The Balaban J connectivity index is 2.06. The summed E-state index contributed by atoms with van der Waals surface area (Å²) in [5.74, 6) is -2.24. The van der Waals surface area contributed by atoms with Crippen LogP contribution in [0.2, 0.25) is 0 Å². The van der Waals surface area contributed by atoms with Gasteiger partial charge in [-0.2, -0.15) is 0 Å². The molecular weight excluding hydrogens is 360 g/mol. The molecule has 2 rings (SSSR count). The standard InChI is InChI=1S/C19H21F2NO3S/c1-2-3-9-26-19-14(5-4-8-22-19)12-25-18-15(20)10-13(11-16(18)21)6-7-17(23)24/h4-5,8,10-11H,2-3,6-7,9,12H2,1H3,(H,23,24). The zero-order valence-electron chi connectivity index (χ0n) is 14.5. The van der Waals surface area contributed by atoms with Crippen molar-refractivity contribution in [3.63, 3.8) is 0 Å². The summed E-state index contributed by atoms with van der Waals surface area (Å²) in [6.07, 6.45) is 3.69. The van der Waals surface area contributed by atoms with Crippen molar-refractivity contribution in [2.75, 3.05) is 5.75 Å². The van der Waals surface area contributed by atoms with Gasteiger partial charge in [0.2, 0.25) is 0 Å². The summed E-state index contributed by atoms with van der Waals surface area (Å²) in [6.45, 7) is 2.11. The number of unbranched alkanes of at least 4 members (excludes halogenated alkanes) is 1. The predicted octanol–water partition coefficient (Wildman–Crippen LogP) is 4.85. The molecule has 1 heterocycles. The van der Waals surface area contributed by atoms with Gasteiger partial charge in [-0.15, -0.1) is 11.8 Å². The fourth-order valence-corrected chi connectivity index (χ4v) is 3.35. The molecule has 0 spiro atoms. The van der Waals surface area contributed by atoms with E-state index in [2.05, 4.69) is 11.9 Å². The van der Waals surface area contributed by atoms with Gasteiger partial charge in [-0.3, -0.25) is 4.79 Å². The van der Waals surface area contributed by atoms with Gasteiger partial charge in [0.25, 0.3) is 0 Å². The molecule has 2 aromatic rings. The number of rotatable bonds is 10. The number of benzene rings is 1. The number of hydrogen-bond acceptors (Lipinski definition) is 4. The summed E-state index contributed by atoms with van der Waals surface area (Å²) < 4.78 is 33.7. The van der Waals surface area contributed by atoms with Crippen LogP contribution < -0.4 is 4.74 Å². The van der Waals surface area contributed by atoms with E-state index in [0.29, 0.717) is 0 Å². The van der Waals surface area contributed by atoms with Crippen LogP contribution in [0.3, 0.4) is 0 Å². The Hall–Kier alpha value is -2.15. The third kappa shape index (κ3) is 5.98. The minimum Gasteiger partial charge on any atom is -0.483 e. The molecule has 0 radical (unpaired) electrons. The molecule has 0 aliphatic heterocycles. The van der Waals surface area contributed by atoms with Gasteiger partial charge in [-0.25, -0.2) is 13.8 Å². The van der Waals surface area contributed by atoms with Crippen LogP contribution >= 0.6 is 11.8 Å². The number of aromatic nitrogens is 1. The van der Waals surface area contributed by atoms with E-state index in [-0.39, 0.29) is 25.0 Å². The van der Waals surface area contributed by atoms with E-state index in [9.17, 15) is 13.6 Å². The van der Waals surface area contributed by atoms with E-state index in [4.69, 9.17) is 9.84 Å². The lowest BCUT2D eigenvalue weighted by atomic mass is 10.1. The molecule has 0 atom stereocenters. The number of thioether (sulfide) groups is 1. The van der Waals surface area contributed by atoms with Gasteiger partial charge in [0, 0.05) is 18.2 Å². The van der Waals surface area contributed by atoms with E-state index in [0.717, 1.165) is 41.3 Å². The van der Waals surface area contributed by atoms with Gasteiger partial charge in [-0.1, -0.05) is 19.4 Å². The van der Waals surface area contributed by atoms with Gasteiger partial charge in [-0.05, 0) is 42.4 Å². The number of carboxylic acid groups (broad SMARTS) is 1. The van der Waals surface area contributed by atoms with Crippen molar-refractivity contribution in [2.24, 2.45) is 0 Å². The molecule has 0 aliphatic carbocycles. The third-order valence-electron chi connectivity index (χ3n) is 3.64. The molecule has 26 heavy (non-hydrogen) atoms. The van der Waals surface area contributed by atoms with E-state index in [1.54, 1.807) is 24.0 Å². The fraction of sp³-hybridized carbons (Fsp3) is 0.368. The number of pyridine rings is 1. The van der Waals surface area contributed by atoms with Crippen LogP contribution in [0, 0.1) is 11.6 Å². The lowest BCUT2D eigenvalue weighted by Gasteiger charge is -2.12. The van der Waals surface area contributed by atoms with Crippen molar-refractivity contribution in [1.82, 2.24) is 4.98 Å². The van der Waals surface area contributed by atoms with Gasteiger partial charge in [0.15, 0.2) is 17.4 Å². The molecule has 1 N–H and O–H groups in total.